The first-order chi connectivity index (χ1) is 26.0. The number of allylic oxidation sites excluding steroid dienone is 2. The van der Waals surface area contributed by atoms with Crippen molar-refractivity contribution < 1.29 is 0 Å². The highest BCUT2D eigenvalue weighted by Gasteiger charge is 2.24. The number of aromatic nitrogens is 1. The van der Waals surface area contributed by atoms with Gasteiger partial charge in [-0.2, -0.15) is 0 Å². The maximum atomic E-state index is 5.27. The molecule has 7 aromatic rings. The van der Waals surface area contributed by atoms with Crippen LogP contribution in [0.3, 0.4) is 0 Å². The van der Waals surface area contributed by atoms with Gasteiger partial charge in [-0.3, -0.25) is 4.57 Å². The number of aryl methyl sites for hydroxylation is 1. The van der Waals surface area contributed by atoms with Gasteiger partial charge in [0.05, 0.1) is 11.6 Å². The van der Waals surface area contributed by atoms with E-state index in [9.17, 15) is 0 Å². The Kier molecular flexibility index (Phi) is 10.6. The third-order valence-electron chi connectivity index (χ3n) is 9.95. The molecule has 0 fully saturated rings. The minimum Gasteiger partial charge on any atom is -0.332 e. The normalized spacial score (nSPS) is 14.3. The topological polar surface area (TPSA) is 29.3 Å². The molecular weight excluding hydrogens is 643 g/mol. The van der Waals surface area contributed by atoms with Crippen LogP contribution in [0.1, 0.15) is 61.2 Å². The van der Waals surface area contributed by atoms with Crippen LogP contribution in [-0.2, 0) is 6.42 Å². The first-order valence-electron chi connectivity index (χ1n) is 18.8. The fourth-order valence-corrected chi connectivity index (χ4v) is 7.38. The lowest BCUT2D eigenvalue weighted by molar-refractivity contribution is 0.824. The summed E-state index contributed by atoms with van der Waals surface area (Å²) in [5.74, 6) is 0.884. The molecule has 9 rings (SSSR count). The van der Waals surface area contributed by atoms with E-state index in [0.717, 1.165) is 24.4 Å². The van der Waals surface area contributed by atoms with Gasteiger partial charge in [-0.05, 0) is 83.2 Å². The second-order valence-electron chi connectivity index (χ2n) is 13.4. The summed E-state index contributed by atoms with van der Waals surface area (Å²) in [6, 6.07) is 49.6. The number of aliphatic imine (C=N–C) groups is 1. The van der Waals surface area contributed by atoms with Crippen LogP contribution in [0.4, 0.5) is 0 Å². The highest BCUT2D eigenvalue weighted by molar-refractivity contribution is 6.13. The molecule has 2 heterocycles. The first kappa shape index (κ1) is 35.2. The van der Waals surface area contributed by atoms with Gasteiger partial charge in [0.1, 0.15) is 0 Å². The molecule has 0 bridgehead atoms. The van der Waals surface area contributed by atoms with E-state index in [0.29, 0.717) is 0 Å². The molecule has 3 heteroatoms. The van der Waals surface area contributed by atoms with Crippen LogP contribution in [0.5, 0.6) is 0 Å². The monoisotopic (exact) mass is 689 g/mol. The van der Waals surface area contributed by atoms with Crippen molar-refractivity contribution in [3.05, 3.63) is 192 Å². The smallest absolute Gasteiger partial charge is 0.208 e. The Morgan fingerprint density at radius 1 is 0.717 bits per heavy atom. The fourth-order valence-electron chi connectivity index (χ4n) is 7.38. The molecule has 0 radical (unpaired) electrons. The molecule has 0 spiro atoms. The maximum absolute atomic E-state index is 5.27. The second kappa shape index (κ2) is 16.0. The lowest BCUT2D eigenvalue weighted by Gasteiger charge is -2.21. The van der Waals surface area contributed by atoms with Crippen LogP contribution in [0, 0.1) is 6.92 Å². The summed E-state index contributed by atoms with van der Waals surface area (Å²) >= 11 is 0. The van der Waals surface area contributed by atoms with E-state index in [1.807, 2.05) is 39.1 Å². The molecule has 1 unspecified atom stereocenters. The van der Waals surface area contributed by atoms with Crippen molar-refractivity contribution in [2.24, 2.45) is 4.99 Å². The van der Waals surface area contributed by atoms with E-state index in [4.69, 9.17) is 4.99 Å². The van der Waals surface area contributed by atoms with Gasteiger partial charge in [0.15, 0.2) is 0 Å². The highest BCUT2D eigenvalue weighted by atomic mass is 15.2. The summed E-state index contributed by atoms with van der Waals surface area (Å²) in [5, 5.41) is 7.28. The number of fused-ring (bicyclic) bond motifs is 5. The number of hydrogen-bond donors (Lipinski definition) is 1. The molecule has 1 aliphatic carbocycles. The van der Waals surface area contributed by atoms with Gasteiger partial charge in [-0.1, -0.05) is 172 Å². The number of nitrogens with one attached hydrogen (secondary N) is 1. The maximum Gasteiger partial charge on any atom is 0.208 e. The number of hydrogen-bond acceptors (Lipinski definition) is 2. The highest BCUT2D eigenvalue weighted by Crippen LogP contribution is 2.37. The number of rotatable bonds is 4. The van der Waals surface area contributed by atoms with Crippen LogP contribution >= 0.6 is 0 Å². The standard InChI is InChI=1S/C38H29N3.C10H12.C2H6/c1-2-9-26(10-3-1)30-12-8-13-31(25-30)27-17-19-29(20-18-27)35-23-24-39-38(40-35)41-36-16-7-6-15-33(36)34-22-21-28-11-4-5-14-32(28)37(34)41;1-8(2)10-7-5-4-6-9(10)3;1-2/h1-6,8-15,17-25,35H,7,16H2,(H,39,40);4-7H,1H2,2-3H3;1-2H3. The van der Waals surface area contributed by atoms with Crippen LogP contribution in [0.25, 0.3) is 55.6 Å². The Morgan fingerprint density at radius 3 is 2.13 bits per heavy atom. The van der Waals surface area contributed by atoms with Crippen molar-refractivity contribution >= 4 is 39.3 Å². The predicted octanol–water partition coefficient (Wildman–Crippen LogP) is 13.2. The molecule has 53 heavy (non-hydrogen) atoms. The van der Waals surface area contributed by atoms with E-state index < -0.39 is 0 Å². The van der Waals surface area contributed by atoms with Gasteiger partial charge in [0.2, 0.25) is 5.96 Å². The van der Waals surface area contributed by atoms with Crippen LogP contribution < -0.4 is 5.32 Å². The molecule has 1 aromatic heterocycles. The zero-order valence-corrected chi connectivity index (χ0v) is 31.2. The Bertz CT molecular complexity index is 2480. The molecule has 0 saturated heterocycles. The summed E-state index contributed by atoms with van der Waals surface area (Å²) in [6.07, 6.45) is 10.8. The Labute approximate surface area is 314 Å². The largest absolute Gasteiger partial charge is 0.332 e. The second-order valence-corrected chi connectivity index (χ2v) is 13.4. The zero-order valence-electron chi connectivity index (χ0n) is 31.2. The zero-order chi connectivity index (χ0) is 36.7. The van der Waals surface area contributed by atoms with Gasteiger partial charge in [0, 0.05) is 28.2 Å². The molecule has 1 N–H and O–H groups in total. The molecule has 3 nitrogen and oxygen atoms in total. The van der Waals surface area contributed by atoms with E-state index in [1.165, 1.54) is 71.9 Å². The summed E-state index contributed by atoms with van der Waals surface area (Å²) in [4.78, 5) is 5.27. The van der Waals surface area contributed by atoms with Crippen LogP contribution in [0.15, 0.2) is 169 Å². The van der Waals surface area contributed by atoms with Crippen molar-refractivity contribution in [2.75, 3.05) is 0 Å². The fraction of sp³-hybridized carbons (Fsp3) is 0.140. The summed E-state index contributed by atoms with van der Waals surface area (Å²) in [6.45, 7) is 12.0. The van der Waals surface area contributed by atoms with E-state index in [1.54, 1.807) is 0 Å². The average molecular weight is 690 g/mol. The molecular formula is C50H47N3. The molecule has 1 atom stereocenters. The number of nitrogens with zero attached hydrogens (tertiary/aromatic N) is 2. The van der Waals surface area contributed by atoms with E-state index >= 15 is 0 Å². The van der Waals surface area contributed by atoms with Crippen molar-refractivity contribution in [3.63, 3.8) is 0 Å². The SMILES string of the molecule is C1=Cc2c(n(C3=NC(c4ccc(-c5cccc(-c6ccccc6)c5)cc4)C=CN3)c3c2ccc2ccccc23)CC1.C=C(C)c1ccccc1C.CC. The van der Waals surface area contributed by atoms with Crippen molar-refractivity contribution in [1.29, 1.82) is 0 Å². The van der Waals surface area contributed by atoms with Gasteiger partial charge in [-0.25, -0.2) is 4.99 Å². The summed E-state index contributed by atoms with van der Waals surface area (Å²) < 4.78 is 2.37. The van der Waals surface area contributed by atoms with E-state index in [-0.39, 0.29) is 6.04 Å². The van der Waals surface area contributed by atoms with E-state index in [2.05, 4.69) is 169 Å². The van der Waals surface area contributed by atoms with Crippen molar-refractivity contribution in [2.45, 2.75) is 46.6 Å². The minimum atomic E-state index is -0.0573. The molecule has 1 aliphatic heterocycles. The quantitative estimate of drug-likeness (QED) is 0.196. The van der Waals surface area contributed by atoms with Crippen LogP contribution in [0.2, 0.25) is 0 Å². The molecule has 0 amide bonds. The number of benzene rings is 6. The lowest BCUT2D eigenvalue weighted by atomic mass is 9.97. The minimum absolute atomic E-state index is 0.0573. The van der Waals surface area contributed by atoms with Gasteiger partial charge < -0.3 is 5.32 Å². The van der Waals surface area contributed by atoms with Gasteiger partial charge >= 0.3 is 0 Å². The Hall–Kier alpha value is -6.19. The molecule has 6 aromatic carbocycles. The molecule has 2 aliphatic rings. The van der Waals surface area contributed by atoms with Gasteiger partial charge in [-0.15, -0.1) is 0 Å². The molecule has 0 saturated carbocycles. The molecule has 262 valence electrons. The van der Waals surface area contributed by atoms with Crippen LogP contribution in [-0.4, -0.2) is 10.5 Å². The lowest BCUT2D eigenvalue weighted by Crippen LogP contribution is -2.31. The van der Waals surface area contributed by atoms with Gasteiger partial charge in [0.25, 0.3) is 0 Å². The predicted molar refractivity (Wildman–Crippen MR) is 229 cm³/mol. The summed E-state index contributed by atoms with van der Waals surface area (Å²) in [5.41, 5.74) is 13.6. The summed E-state index contributed by atoms with van der Waals surface area (Å²) in [7, 11) is 0. The Balaban J connectivity index is 0.000000314. The van der Waals surface area contributed by atoms with Crippen molar-refractivity contribution in [1.82, 2.24) is 9.88 Å². The van der Waals surface area contributed by atoms with Crippen molar-refractivity contribution in [3.8, 4) is 22.3 Å². The average Bonchev–Trinajstić information content (AvgIpc) is 3.57. The third kappa shape index (κ3) is 7.29. The Morgan fingerprint density at radius 2 is 1.40 bits per heavy atom. The first-order valence-corrected chi connectivity index (χ1v) is 18.8. The third-order valence-corrected chi connectivity index (χ3v) is 9.95.